The molecule has 6 heteroatoms. The quantitative estimate of drug-likeness (QED) is 0.154. The Labute approximate surface area is 171 Å². The Hall–Kier alpha value is -1.85. The summed E-state index contributed by atoms with van der Waals surface area (Å²) in [4.78, 5) is 2.41. The van der Waals surface area contributed by atoms with Crippen LogP contribution in [0.15, 0.2) is 30.5 Å². The van der Waals surface area contributed by atoms with Crippen LogP contribution in [0, 0.1) is 29.1 Å². The van der Waals surface area contributed by atoms with Crippen LogP contribution in [0.5, 0.6) is 0 Å². The van der Waals surface area contributed by atoms with Gasteiger partial charge in [-0.3, -0.25) is 0 Å². The van der Waals surface area contributed by atoms with Gasteiger partial charge in [-0.15, -0.1) is 0 Å². The summed E-state index contributed by atoms with van der Waals surface area (Å²) in [5, 5.41) is 0. The van der Waals surface area contributed by atoms with E-state index in [9.17, 15) is 22.0 Å². The average Bonchev–Trinajstić information content (AvgIpc) is 2.73. The van der Waals surface area contributed by atoms with Crippen molar-refractivity contribution >= 4 is 0 Å². The topological polar surface area (TPSA) is 3.24 Å². The molecule has 0 unspecified atom stereocenters. The highest BCUT2D eigenvalue weighted by Gasteiger charge is 2.18. The van der Waals surface area contributed by atoms with Gasteiger partial charge in [0.05, 0.1) is 0 Å². The van der Waals surface area contributed by atoms with Crippen LogP contribution in [0.4, 0.5) is 22.0 Å². The number of benzene rings is 1. The molecule has 0 N–H and O–H groups in total. The van der Waals surface area contributed by atoms with Crippen LogP contribution >= 0.6 is 0 Å². The predicted molar refractivity (Wildman–Crippen MR) is 108 cm³/mol. The Morgan fingerprint density at radius 3 is 1.69 bits per heavy atom. The molecule has 0 saturated heterocycles. The van der Waals surface area contributed by atoms with E-state index in [-0.39, 0.29) is 6.07 Å². The summed E-state index contributed by atoms with van der Waals surface area (Å²) in [6.07, 6.45) is 23.0. The van der Waals surface area contributed by atoms with Crippen LogP contribution in [0.25, 0.3) is 0 Å². The van der Waals surface area contributed by atoms with Gasteiger partial charge in [-0.25, -0.2) is 22.0 Å². The largest absolute Gasteiger partial charge is 0.374 e. The number of rotatable bonds is 11. The molecule has 1 nitrogen and oxygen atoms in total. The van der Waals surface area contributed by atoms with Crippen molar-refractivity contribution < 1.29 is 22.0 Å². The molecule has 0 saturated carbocycles. The van der Waals surface area contributed by atoms with Crippen LogP contribution in [0.1, 0.15) is 71.1 Å². The zero-order valence-corrected chi connectivity index (χ0v) is 17.2. The molecule has 1 aliphatic heterocycles. The Kier molecular flexibility index (Phi) is 13.1. The van der Waals surface area contributed by atoms with Crippen molar-refractivity contribution in [2.75, 3.05) is 13.1 Å². The number of hydrogen-bond donors (Lipinski definition) is 0. The molecule has 1 aromatic carbocycles. The lowest BCUT2D eigenvalue weighted by Crippen LogP contribution is -2.19. The number of unbranched alkanes of at least 4 members (excludes halogenated alkanes) is 9. The lowest BCUT2D eigenvalue weighted by molar-refractivity contribution is 0.378. The fourth-order valence-corrected chi connectivity index (χ4v) is 3.02. The molecule has 0 atom stereocenters. The monoisotopic (exact) mass is 417 g/mol. The molecular weight excluding hydrogens is 385 g/mol. The van der Waals surface area contributed by atoms with Crippen molar-refractivity contribution in [3.63, 3.8) is 0 Å². The second-order valence-electron chi connectivity index (χ2n) is 7.23. The van der Waals surface area contributed by atoms with Gasteiger partial charge in [-0.1, -0.05) is 76.9 Å². The Morgan fingerprint density at radius 2 is 1.21 bits per heavy atom. The van der Waals surface area contributed by atoms with Gasteiger partial charge >= 0.3 is 0 Å². The molecule has 0 bridgehead atoms. The van der Waals surface area contributed by atoms with Crippen LogP contribution in [-0.4, -0.2) is 18.0 Å². The second-order valence-corrected chi connectivity index (χ2v) is 7.23. The highest BCUT2D eigenvalue weighted by Crippen LogP contribution is 2.16. The molecule has 1 heterocycles. The fraction of sp³-hybridized carbons (Fsp3) is 0.565. The number of nitrogens with zero attached hydrogens (tertiary/aromatic N) is 1. The third-order valence-electron chi connectivity index (χ3n) is 4.74. The van der Waals surface area contributed by atoms with E-state index in [2.05, 4.69) is 36.3 Å². The van der Waals surface area contributed by atoms with Gasteiger partial charge in [-0.2, -0.15) is 0 Å². The first-order valence-electron chi connectivity index (χ1n) is 10.5. The summed E-state index contributed by atoms with van der Waals surface area (Å²) in [5.74, 6) is -9.65. The van der Waals surface area contributed by atoms with E-state index in [0.29, 0.717) is 0 Å². The van der Waals surface area contributed by atoms with E-state index in [4.69, 9.17) is 0 Å². The summed E-state index contributed by atoms with van der Waals surface area (Å²) >= 11 is 0. The predicted octanol–water partition coefficient (Wildman–Crippen LogP) is 7.67. The third kappa shape index (κ3) is 10.5. The highest BCUT2D eigenvalue weighted by molar-refractivity contribution is 5.12. The number of allylic oxidation sites excluding steroid dienone is 2. The first kappa shape index (κ1) is 25.2. The minimum Gasteiger partial charge on any atom is -0.374 e. The van der Waals surface area contributed by atoms with Crippen LogP contribution in [0.3, 0.4) is 0 Å². The Balaban J connectivity index is 0.000000326. The van der Waals surface area contributed by atoms with Crippen molar-refractivity contribution in [2.45, 2.75) is 71.1 Å². The van der Waals surface area contributed by atoms with E-state index in [1.165, 1.54) is 70.8 Å². The average molecular weight is 418 g/mol. The summed E-state index contributed by atoms with van der Waals surface area (Å²) in [5.41, 5.74) is 0. The van der Waals surface area contributed by atoms with Gasteiger partial charge in [-0.05, 0) is 18.7 Å². The molecular formula is C23H32F5N. The van der Waals surface area contributed by atoms with Crippen molar-refractivity contribution in [2.24, 2.45) is 0 Å². The summed E-state index contributed by atoms with van der Waals surface area (Å²) < 4.78 is 60.0. The third-order valence-corrected chi connectivity index (χ3v) is 4.74. The minimum absolute atomic E-state index is 0.0618. The highest BCUT2D eigenvalue weighted by atomic mass is 19.2. The maximum atomic E-state index is 12.0. The first-order chi connectivity index (χ1) is 14.0. The number of halogens is 5. The van der Waals surface area contributed by atoms with Gasteiger partial charge in [0.1, 0.15) is 0 Å². The Morgan fingerprint density at radius 1 is 0.690 bits per heavy atom. The normalized spacial score (nSPS) is 12.8. The van der Waals surface area contributed by atoms with Gasteiger partial charge in [0, 0.05) is 19.2 Å². The van der Waals surface area contributed by atoms with Crippen molar-refractivity contribution in [1.29, 1.82) is 0 Å². The molecule has 1 aromatic rings. The molecule has 0 aliphatic carbocycles. The number of hydrogen-bond acceptors (Lipinski definition) is 1. The van der Waals surface area contributed by atoms with Gasteiger partial charge in [0.2, 0.25) is 5.82 Å². The summed E-state index contributed by atoms with van der Waals surface area (Å²) in [7, 11) is 0. The van der Waals surface area contributed by atoms with Gasteiger partial charge < -0.3 is 4.90 Å². The standard InChI is InChI=1S/C17H31N.C6HF5/c1-2-3-4-5-6-7-8-9-10-12-15-18-16-13-11-14-17-18;7-2-1-3(8)5(10)6(11)4(2)9/h11,13-14,16H,2-10,12,15,17H2,1H3;1H. The lowest BCUT2D eigenvalue weighted by Gasteiger charge is -2.20. The van der Waals surface area contributed by atoms with Gasteiger partial charge in [0.15, 0.2) is 23.3 Å². The second kappa shape index (κ2) is 15.1. The molecule has 29 heavy (non-hydrogen) atoms. The SMILES string of the molecule is CCCCCCCCCCCCN1C=CC=CC1.Fc1cc(F)c(F)c(F)c1F. The van der Waals surface area contributed by atoms with E-state index in [0.717, 1.165) is 6.54 Å². The lowest BCUT2D eigenvalue weighted by atomic mass is 10.1. The van der Waals surface area contributed by atoms with Crippen molar-refractivity contribution in [1.82, 2.24) is 4.90 Å². The maximum Gasteiger partial charge on any atom is 0.200 e. The van der Waals surface area contributed by atoms with Gasteiger partial charge in [0.25, 0.3) is 0 Å². The van der Waals surface area contributed by atoms with Crippen LogP contribution in [-0.2, 0) is 0 Å². The molecule has 0 spiro atoms. The molecule has 164 valence electrons. The van der Waals surface area contributed by atoms with E-state index < -0.39 is 29.1 Å². The molecule has 0 aromatic heterocycles. The van der Waals surface area contributed by atoms with Crippen molar-refractivity contribution in [3.8, 4) is 0 Å². The van der Waals surface area contributed by atoms with E-state index in [1.807, 2.05) is 0 Å². The fourth-order valence-electron chi connectivity index (χ4n) is 3.02. The van der Waals surface area contributed by atoms with Crippen molar-refractivity contribution in [3.05, 3.63) is 59.6 Å². The van der Waals surface area contributed by atoms with E-state index in [1.54, 1.807) is 0 Å². The zero-order valence-electron chi connectivity index (χ0n) is 17.2. The molecule has 0 fully saturated rings. The molecule has 0 radical (unpaired) electrons. The first-order valence-corrected chi connectivity index (χ1v) is 10.5. The minimum atomic E-state index is -2.14. The summed E-state index contributed by atoms with van der Waals surface area (Å²) in [6.45, 7) is 4.62. The maximum absolute atomic E-state index is 12.0. The smallest absolute Gasteiger partial charge is 0.200 e. The van der Waals surface area contributed by atoms with Crippen LogP contribution < -0.4 is 0 Å². The molecule has 2 rings (SSSR count). The molecule has 0 amide bonds. The Bertz CT molecular complexity index is 616. The molecule has 1 aliphatic rings. The van der Waals surface area contributed by atoms with E-state index >= 15 is 0 Å². The summed E-state index contributed by atoms with van der Waals surface area (Å²) in [6, 6.07) is -0.0618. The zero-order chi connectivity index (χ0) is 21.5. The van der Waals surface area contributed by atoms with Crippen LogP contribution in [0.2, 0.25) is 0 Å².